The predicted molar refractivity (Wildman–Crippen MR) is 69.0 cm³/mol. The number of nitrogens with one attached hydrogen (secondary N) is 1. The molecule has 1 N–H and O–H groups in total. The fourth-order valence-electron chi connectivity index (χ4n) is 3.33. The SMILES string of the molecule is O=C(Nc1ccc(Cl)cc1)[C@@H]1C[C@H]2CC[C@H]1C2. The number of carbonyl (C=O) groups excluding carboxylic acids is 1. The van der Waals surface area contributed by atoms with Crippen LogP contribution in [0.15, 0.2) is 24.3 Å². The normalized spacial score (nSPS) is 30.5. The van der Waals surface area contributed by atoms with Crippen LogP contribution < -0.4 is 5.32 Å². The van der Waals surface area contributed by atoms with Gasteiger partial charge in [0.1, 0.15) is 0 Å². The summed E-state index contributed by atoms with van der Waals surface area (Å²) in [5.41, 5.74) is 0.849. The van der Waals surface area contributed by atoms with Crippen LogP contribution in [0.5, 0.6) is 0 Å². The van der Waals surface area contributed by atoms with Crippen molar-refractivity contribution in [1.82, 2.24) is 0 Å². The lowest BCUT2D eigenvalue weighted by atomic mass is 9.88. The van der Waals surface area contributed by atoms with E-state index in [1.54, 1.807) is 12.1 Å². The van der Waals surface area contributed by atoms with Crippen LogP contribution >= 0.6 is 11.6 Å². The van der Waals surface area contributed by atoms with E-state index < -0.39 is 0 Å². The lowest BCUT2D eigenvalue weighted by Crippen LogP contribution is -2.27. The van der Waals surface area contributed by atoms with Crippen molar-refractivity contribution in [2.75, 3.05) is 5.32 Å². The molecule has 1 aromatic carbocycles. The Morgan fingerprint density at radius 3 is 2.53 bits per heavy atom. The van der Waals surface area contributed by atoms with Crippen LogP contribution in [0.1, 0.15) is 25.7 Å². The minimum absolute atomic E-state index is 0.194. The van der Waals surface area contributed by atoms with Gasteiger partial charge in [-0.1, -0.05) is 18.0 Å². The smallest absolute Gasteiger partial charge is 0.227 e. The minimum Gasteiger partial charge on any atom is -0.326 e. The van der Waals surface area contributed by atoms with Gasteiger partial charge in [-0.15, -0.1) is 0 Å². The summed E-state index contributed by atoms with van der Waals surface area (Å²) in [6.07, 6.45) is 4.92. The van der Waals surface area contributed by atoms with Gasteiger partial charge in [-0.05, 0) is 55.4 Å². The van der Waals surface area contributed by atoms with E-state index in [0.717, 1.165) is 18.0 Å². The van der Waals surface area contributed by atoms with Gasteiger partial charge in [0.25, 0.3) is 0 Å². The summed E-state index contributed by atoms with van der Waals surface area (Å²) in [5.74, 6) is 1.87. The summed E-state index contributed by atoms with van der Waals surface area (Å²) >= 11 is 5.81. The first-order chi connectivity index (χ1) is 8.22. The molecule has 1 amide bonds. The molecule has 0 saturated heterocycles. The molecule has 2 saturated carbocycles. The summed E-state index contributed by atoms with van der Waals surface area (Å²) in [6.45, 7) is 0. The maximum atomic E-state index is 12.1. The van der Waals surface area contributed by atoms with E-state index in [-0.39, 0.29) is 11.8 Å². The average molecular weight is 250 g/mol. The molecule has 2 aliphatic carbocycles. The molecule has 0 heterocycles. The highest BCUT2D eigenvalue weighted by Gasteiger charge is 2.42. The number of benzene rings is 1. The standard InChI is InChI=1S/C14H16ClNO/c15-11-3-5-12(6-4-11)16-14(17)13-8-9-1-2-10(13)7-9/h3-6,9-10,13H,1-2,7-8H2,(H,16,17)/t9-,10-,13+/m0/s1. The van der Waals surface area contributed by atoms with E-state index in [0.29, 0.717) is 10.9 Å². The quantitative estimate of drug-likeness (QED) is 0.851. The maximum Gasteiger partial charge on any atom is 0.227 e. The Hall–Kier alpha value is -1.02. The summed E-state index contributed by atoms with van der Waals surface area (Å²) in [7, 11) is 0. The van der Waals surface area contributed by atoms with Gasteiger partial charge < -0.3 is 5.32 Å². The second kappa shape index (κ2) is 4.34. The monoisotopic (exact) mass is 249 g/mol. The summed E-state index contributed by atoms with van der Waals surface area (Å²) in [4.78, 5) is 12.1. The fourth-order valence-corrected chi connectivity index (χ4v) is 3.46. The van der Waals surface area contributed by atoms with Gasteiger partial charge in [-0.2, -0.15) is 0 Å². The summed E-state index contributed by atoms with van der Waals surface area (Å²) in [5, 5.41) is 3.70. The number of halogens is 1. The van der Waals surface area contributed by atoms with Gasteiger partial charge >= 0.3 is 0 Å². The first-order valence-electron chi connectivity index (χ1n) is 6.29. The van der Waals surface area contributed by atoms with Crippen LogP contribution in [-0.4, -0.2) is 5.91 Å². The third-order valence-corrected chi connectivity index (χ3v) is 4.44. The van der Waals surface area contributed by atoms with Gasteiger partial charge in [0.2, 0.25) is 5.91 Å². The van der Waals surface area contributed by atoms with Crippen molar-refractivity contribution in [3.05, 3.63) is 29.3 Å². The molecule has 0 aromatic heterocycles. The molecule has 2 aliphatic rings. The molecule has 3 heteroatoms. The molecule has 0 unspecified atom stereocenters. The molecule has 2 bridgehead atoms. The number of amides is 1. The molecule has 17 heavy (non-hydrogen) atoms. The maximum absolute atomic E-state index is 12.1. The summed E-state index contributed by atoms with van der Waals surface area (Å²) in [6, 6.07) is 7.32. The van der Waals surface area contributed by atoms with Crippen LogP contribution in [0, 0.1) is 17.8 Å². The molecule has 90 valence electrons. The number of anilines is 1. The van der Waals surface area contributed by atoms with Crippen LogP contribution in [0.4, 0.5) is 5.69 Å². The van der Waals surface area contributed by atoms with Gasteiger partial charge in [-0.3, -0.25) is 4.79 Å². The lowest BCUT2D eigenvalue weighted by Gasteiger charge is -2.20. The van der Waals surface area contributed by atoms with Crippen molar-refractivity contribution in [3.8, 4) is 0 Å². The topological polar surface area (TPSA) is 29.1 Å². The highest BCUT2D eigenvalue weighted by Crippen LogP contribution is 2.48. The van der Waals surface area contributed by atoms with E-state index in [1.807, 2.05) is 12.1 Å². The van der Waals surface area contributed by atoms with Crippen LogP contribution in [-0.2, 0) is 4.79 Å². The zero-order valence-corrected chi connectivity index (χ0v) is 10.4. The minimum atomic E-state index is 0.194. The number of carbonyl (C=O) groups is 1. The first kappa shape index (κ1) is 11.1. The zero-order chi connectivity index (χ0) is 11.8. The first-order valence-corrected chi connectivity index (χ1v) is 6.66. The van der Waals surface area contributed by atoms with Crippen molar-refractivity contribution in [2.45, 2.75) is 25.7 Å². The number of hydrogen-bond donors (Lipinski definition) is 1. The Balaban J connectivity index is 1.65. The molecular formula is C14H16ClNO. The van der Waals surface area contributed by atoms with Gasteiger partial charge in [0.15, 0.2) is 0 Å². The van der Waals surface area contributed by atoms with Crippen molar-refractivity contribution in [3.63, 3.8) is 0 Å². The molecule has 2 nitrogen and oxygen atoms in total. The van der Waals surface area contributed by atoms with Crippen LogP contribution in [0.2, 0.25) is 5.02 Å². The van der Waals surface area contributed by atoms with E-state index in [2.05, 4.69) is 5.32 Å². The van der Waals surface area contributed by atoms with Crippen molar-refractivity contribution >= 4 is 23.2 Å². The number of rotatable bonds is 2. The van der Waals surface area contributed by atoms with E-state index in [1.165, 1.54) is 19.3 Å². The van der Waals surface area contributed by atoms with Gasteiger partial charge in [0.05, 0.1) is 0 Å². The second-order valence-electron chi connectivity index (χ2n) is 5.28. The Kier molecular flexibility index (Phi) is 2.83. The van der Waals surface area contributed by atoms with E-state index in [9.17, 15) is 4.79 Å². The molecule has 1 aromatic rings. The van der Waals surface area contributed by atoms with E-state index >= 15 is 0 Å². The molecule has 0 spiro atoms. The molecule has 3 atom stereocenters. The van der Waals surface area contributed by atoms with Crippen molar-refractivity contribution in [2.24, 2.45) is 17.8 Å². The van der Waals surface area contributed by atoms with Crippen LogP contribution in [0.25, 0.3) is 0 Å². The second-order valence-corrected chi connectivity index (χ2v) is 5.71. The number of hydrogen-bond acceptors (Lipinski definition) is 1. The number of fused-ring (bicyclic) bond motifs is 2. The van der Waals surface area contributed by atoms with Crippen LogP contribution in [0.3, 0.4) is 0 Å². The zero-order valence-electron chi connectivity index (χ0n) is 9.66. The fraction of sp³-hybridized carbons (Fsp3) is 0.500. The molecule has 0 radical (unpaired) electrons. The van der Waals surface area contributed by atoms with Crippen molar-refractivity contribution in [1.29, 1.82) is 0 Å². The highest BCUT2D eigenvalue weighted by atomic mass is 35.5. The average Bonchev–Trinajstić information content (AvgIpc) is 2.94. The molecular weight excluding hydrogens is 234 g/mol. The Morgan fingerprint density at radius 2 is 1.94 bits per heavy atom. The Labute approximate surface area is 106 Å². The predicted octanol–water partition coefficient (Wildman–Crippen LogP) is 3.71. The Bertz CT molecular complexity index is 428. The third kappa shape index (κ3) is 2.19. The Morgan fingerprint density at radius 1 is 1.18 bits per heavy atom. The van der Waals surface area contributed by atoms with Gasteiger partial charge in [0, 0.05) is 16.6 Å². The molecule has 0 aliphatic heterocycles. The molecule has 2 fully saturated rings. The largest absolute Gasteiger partial charge is 0.326 e. The third-order valence-electron chi connectivity index (χ3n) is 4.19. The van der Waals surface area contributed by atoms with Gasteiger partial charge in [-0.25, -0.2) is 0 Å². The van der Waals surface area contributed by atoms with Crippen molar-refractivity contribution < 1.29 is 4.79 Å². The lowest BCUT2D eigenvalue weighted by molar-refractivity contribution is -0.121. The molecule has 3 rings (SSSR count). The summed E-state index contributed by atoms with van der Waals surface area (Å²) < 4.78 is 0. The van der Waals surface area contributed by atoms with E-state index in [4.69, 9.17) is 11.6 Å². The highest BCUT2D eigenvalue weighted by molar-refractivity contribution is 6.30.